The van der Waals surface area contributed by atoms with Gasteiger partial charge in [0.15, 0.2) is 0 Å². The summed E-state index contributed by atoms with van der Waals surface area (Å²) in [5.41, 5.74) is 2.29. The van der Waals surface area contributed by atoms with Crippen LogP contribution in [0.3, 0.4) is 0 Å². The molecule has 0 spiro atoms. The first-order valence-electron chi connectivity index (χ1n) is 5.77. The highest BCUT2D eigenvalue weighted by atomic mass is 35.5. The third-order valence-corrected chi connectivity index (χ3v) is 4.84. The molecule has 0 radical (unpaired) electrons. The van der Waals surface area contributed by atoms with Gasteiger partial charge in [0.25, 0.3) is 0 Å². The van der Waals surface area contributed by atoms with Gasteiger partial charge in [-0.3, -0.25) is 0 Å². The minimum absolute atomic E-state index is 0.235. The Labute approximate surface area is 122 Å². The molecule has 2 aromatic rings. The Kier molecular flexibility index (Phi) is 4.68. The fourth-order valence-corrected chi connectivity index (χ4v) is 3.22. The van der Waals surface area contributed by atoms with Gasteiger partial charge in [0.05, 0.1) is 5.02 Å². The van der Waals surface area contributed by atoms with Crippen LogP contribution in [0.15, 0.2) is 29.6 Å². The van der Waals surface area contributed by atoms with E-state index in [9.17, 15) is 0 Å². The lowest BCUT2D eigenvalue weighted by Crippen LogP contribution is -2.18. The molecule has 0 fully saturated rings. The Morgan fingerprint density at radius 1 is 1.22 bits per heavy atom. The normalized spacial score (nSPS) is 12.7. The number of hydrogen-bond acceptors (Lipinski definition) is 2. The molecule has 2 rings (SSSR count). The number of nitrogens with one attached hydrogen (secondary N) is 1. The minimum Gasteiger partial charge on any atom is -0.313 e. The van der Waals surface area contributed by atoms with Crippen molar-refractivity contribution in [3.8, 4) is 0 Å². The summed E-state index contributed by atoms with van der Waals surface area (Å²) in [7, 11) is 1.96. The van der Waals surface area contributed by atoms with Gasteiger partial charge in [0, 0.05) is 22.4 Å². The van der Waals surface area contributed by atoms with Crippen LogP contribution >= 0.6 is 34.5 Å². The number of rotatable bonds is 4. The number of likely N-dealkylation sites (N-methyl/N-ethyl adjacent to an activating group) is 1. The van der Waals surface area contributed by atoms with E-state index in [2.05, 4.69) is 17.4 Å². The zero-order valence-electron chi connectivity index (χ0n) is 10.3. The number of aryl methyl sites for hydroxylation is 1. The molecule has 0 saturated carbocycles. The molecular formula is C14H15Cl2NS. The molecule has 1 N–H and O–H groups in total. The SMILES string of the molecule is CNC(Cc1sccc1Cl)c1ccc(C)c(Cl)c1. The standard InChI is InChI=1S/C14H15Cl2NS/c1-9-3-4-10(7-12(9)16)13(17-2)8-14-11(15)5-6-18-14/h3-7,13,17H,8H2,1-2H3. The van der Waals surface area contributed by atoms with Gasteiger partial charge in [-0.25, -0.2) is 0 Å². The highest BCUT2D eigenvalue weighted by Crippen LogP contribution is 2.29. The maximum atomic E-state index is 6.18. The molecule has 0 saturated heterocycles. The molecule has 0 amide bonds. The molecule has 1 atom stereocenters. The summed E-state index contributed by atoms with van der Waals surface area (Å²) >= 11 is 14.0. The zero-order chi connectivity index (χ0) is 13.1. The van der Waals surface area contributed by atoms with Crippen molar-refractivity contribution in [3.05, 3.63) is 55.7 Å². The quantitative estimate of drug-likeness (QED) is 0.849. The molecule has 0 bridgehead atoms. The fraction of sp³-hybridized carbons (Fsp3) is 0.286. The Balaban J connectivity index is 2.23. The van der Waals surface area contributed by atoms with Crippen molar-refractivity contribution in [2.24, 2.45) is 0 Å². The second kappa shape index (κ2) is 6.07. The van der Waals surface area contributed by atoms with Crippen LogP contribution < -0.4 is 5.32 Å². The van der Waals surface area contributed by atoms with Crippen molar-refractivity contribution in [2.45, 2.75) is 19.4 Å². The lowest BCUT2D eigenvalue weighted by molar-refractivity contribution is 0.596. The molecule has 0 aliphatic carbocycles. The van der Waals surface area contributed by atoms with E-state index in [1.807, 2.05) is 31.5 Å². The van der Waals surface area contributed by atoms with Gasteiger partial charge < -0.3 is 5.32 Å². The summed E-state index contributed by atoms with van der Waals surface area (Å²) in [6.07, 6.45) is 0.881. The molecule has 4 heteroatoms. The maximum Gasteiger partial charge on any atom is 0.0545 e. The van der Waals surface area contributed by atoms with Gasteiger partial charge in [0.2, 0.25) is 0 Å². The van der Waals surface area contributed by atoms with E-state index < -0.39 is 0 Å². The third kappa shape index (κ3) is 3.07. The first-order valence-corrected chi connectivity index (χ1v) is 7.40. The Hall–Kier alpha value is -0.540. The number of hydrogen-bond donors (Lipinski definition) is 1. The van der Waals surface area contributed by atoms with Gasteiger partial charge in [-0.05, 0) is 42.6 Å². The van der Waals surface area contributed by atoms with Gasteiger partial charge in [-0.15, -0.1) is 11.3 Å². The summed E-state index contributed by atoms with van der Waals surface area (Å²) in [4.78, 5) is 1.20. The van der Waals surface area contributed by atoms with E-state index in [0.29, 0.717) is 0 Å². The van der Waals surface area contributed by atoms with E-state index in [1.54, 1.807) is 11.3 Å². The van der Waals surface area contributed by atoms with Crippen molar-refractivity contribution in [2.75, 3.05) is 7.05 Å². The lowest BCUT2D eigenvalue weighted by Gasteiger charge is -2.17. The van der Waals surface area contributed by atoms with Gasteiger partial charge >= 0.3 is 0 Å². The van der Waals surface area contributed by atoms with Crippen LogP contribution in [-0.4, -0.2) is 7.05 Å². The van der Waals surface area contributed by atoms with Crippen LogP contribution in [0.1, 0.15) is 22.0 Å². The Morgan fingerprint density at radius 2 is 2.00 bits per heavy atom. The van der Waals surface area contributed by atoms with Crippen LogP contribution in [0.5, 0.6) is 0 Å². The summed E-state index contributed by atoms with van der Waals surface area (Å²) in [6, 6.07) is 8.37. The van der Waals surface area contributed by atoms with Crippen LogP contribution in [0.2, 0.25) is 10.0 Å². The molecule has 1 nitrogen and oxygen atoms in total. The van der Waals surface area contributed by atoms with E-state index in [-0.39, 0.29) is 6.04 Å². The summed E-state index contributed by atoms with van der Waals surface area (Å²) in [5.74, 6) is 0. The molecule has 1 heterocycles. The maximum absolute atomic E-state index is 6.18. The number of benzene rings is 1. The van der Waals surface area contributed by atoms with Crippen LogP contribution in [0.4, 0.5) is 0 Å². The lowest BCUT2D eigenvalue weighted by atomic mass is 10.0. The molecule has 0 aliphatic rings. The first kappa shape index (κ1) is 13.9. The van der Waals surface area contributed by atoms with Crippen molar-refractivity contribution >= 4 is 34.5 Å². The van der Waals surface area contributed by atoms with E-state index in [4.69, 9.17) is 23.2 Å². The van der Waals surface area contributed by atoms with E-state index in [0.717, 1.165) is 22.0 Å². The molecule has 18 heavy (non-hydrogen) atoms. The monoisotopic (exact) mass is 299 g/mol. The highest BCUT2D eigenvalue weighted by Gasteiger charge is 2.13. The number of thiophene rings is 1. The van der Waals surface area contributed by atoms with Crippen molar-refractivity contribution in [1.82, 2.24) is 5.32 Å². The summed E-state index contributed by atoms with van der Waals surface area (Å²) in [5, 5.41) is 7.00. The molecule has 96 valence electrons. The second-order valence-electron chi connectivity index (χ2n) is 4.25. The van der Waals surface area contributed by atoms with Gasteiger partial charge in [-0.2, -0.15) is 0 Å². The first-order chi connectivity index (χ1) is 8.61. The summed E-state index contributed by atoms with van der Waals surface area (Å²) < 4.78 is 0. The molecule has 0 aliphatic heterocycles. The minimum atomic E-state index is 0.235. The average Bonchev–Trinajstić information content (AvgIpc) is 2.75. The predicted octanol–water partition coefficient (Wildman–Crippen LogP) is 4.87. The van der Waals surface area contributed by atoms with Crippen molar-refractivity contribution in [1.29, 1.82) is 0 Å². The molecule has 1 aromatic heterocycles. The topological polar surface area (TPSA) is 12.0 Å². The molecule has 1 aromatic carbocycles. The van der Waals surface area contributed by atoms with Gasteiger partial charge in [0.1, 0.15) is 0 Å². The van der Waals surface area contributed by atoms with Crippen LogP contribution in [-0.2, 0) is 6.42 Å². The number of halogens is 2. The Bertz CT molecular complexity index is 536. The van der Waals surface area contributed by atoms with Crippen LogP contribution in [0, 0.1) is 6.92 Å². The highest BCUT2D eigenvalue weighted by molar-refractivity contribution is 7.10. The van der Waals surface area contributed by atoms with E-state index in [1.165, 1.54) is 10.4 Å². The van der Waals surface area contributed by atoms with Crippen molar-refractivity contribution in [3.63, 3.8) is 0 Å². The van der Waals surface area contributed by atoms with Gasteiger partial charge in [-0.1, -0.05) is 35.3 Å². The second-order valence-corrected chi connectivity index (χ2v) is 6.06. The summed E-state index contributed by atoms with van der Waals surface area (Å²) in [6.45, 7) is 2.01. The zero-order valence-corrected chi connectivity index (χ0v) is 12.7. The molecular weight excluding hydrogens is 285 g/mol. The largest absolute Gasteiger partial charge is 0.313 e. The molecule has 1 unspecified atom stereocenters. The smallest absolute Gasteiger partial charge is 0.0545 e. The van der Waals surface area contributed by atoms with Crippen molar-refractivity contribution < 1.29 is 0 Å². The third-order valence-electron chi connectivity index (χ3n) is 3.03. The fourth-order valence-electron chi connectivity index (χ4n) is 1.87. The van der Waals surface area contributed by atoms with E-state index >= 15 is 0 Å². The average molecular weight is 300 g/mol. The van der Waals surface area contributed by atoms with Crippen LogP contribution in [0.25, 0.3) is 0 Å². The predicted molar refractivity (Wildman–Crippen MR) is 81.0 cm³/mol. The Morgan fingerprint density at radius 3 is 2.56 bits per heavy atom.